The fourth-order valence-electron chi connectivity index (χ4n) is 12.8. The molecule has 3 aliphatic heterocycles. The first-order valence-corrected chi connectivity index (χ1v) is 32.0. The second kappa shape index (κ2) is 30.2. The summed E-state index contributed by atoms with van der Waals surface area (Å²) in [6.45, 7) is 29.0. The predicted octanol–water partition coefficient (Wildman–Crippen LogP) is 6.71. The largest absolute Gasteiger partial charge is 0.494 e. The van der Waals surface area contributed by atoms with Gasteiger partial charge in [-0.25, -0.2) is 4.79 Å². The lowest BCUT2D eigenvalue weighted by Gasteiger charge is -2.39. The molecule has 11 atom stereocenters. The summed E-state index contributed by atoms with van der Waals surface area (Å²) in [6.07, 6.45) is -0.601. The van der Waals surface area contributed by atoms with E-state index in [2.05, 4.69) is 5.32 Å². The van der Waals surface area contributed by atoms with Crippen molar-refractivity contribution >= 4 is 65.6 Å². The third-order valence-corrected chi connectivity index (χ3v) is 19.1. The van der Waals surface area contributed by atoms with Crippen LogP contribution in [0.5, 0.6) is 0 Å². The van der Waals surface area contributed by atoms with E-state index in [-0.39, 0.29) is 62.8 Å². The number of carbonyl (C=O) groups is 9. The fourth-order valence-corrected chi connectivity index (χ4v) is 12.8. The van der Waals surface area contributed by atoms with Crippen molar-refractivity contribution in [2.75, 3.05) is 41.3 Å². The first-order chi connectivity index (χ1) is 40.9. The van der Waals surface area contributed by atoms with Crippen molar-refractivity contribution in [2.24, 2.45) is 47.3 Å². The van der Waals surface area contributed by atoms with E-state index in [0.717, 1.165) is 4.90 Å². The highest BCUT2D eigenvalue weighted by Gasteiger charge is 2.52. The van der Waals surface area contributed by atoms with E-state index in [1.807, 2.05) is 124 Å². The summed E-state index contributed by atoms with van der Waals surface area (Å²) in [5.74, 6) is -9.78. The Kier molecular flexibility index (Phi) is 25.0. The van der Waals surface area contributed by atoms with Crippen LogP contribution in [0.3, 0.4) is 0 Å². The molecule has 0 saturated carbocycles. The van der Waals surface area contributed by atoms with Gasteiger partial charge in [0.15, 0.2) is 17.9 Å². The van der Waals surface area contributed by atoms with E-state index in [9.17, 15) is 29.1 Å². The minimum absolute atomic E-state index is 0.0100. The Morgan fingerprint density at radius 2 is 1.22 bits per heavy atom. The van der Waals surface area contributed by atoms with Crippen LogP contribution < -0.4 is 10.8 Å². The number of nitrogens with zero attached hydrogens (tertiary/aromatic N) is 5. The van der Waals surface area contributed by atoms with Crippen LogP contribution >= 0.6 is 0 Å². The standard InChI is InChI=1S/C68H105BN6O13/c1-21-43(9)50-38-53(76)47-31-32-75(39-47)63(82)52(36-46-29-26-30-49(34-46)69-87-67(13,14)68(15,16)88-69)71(17)62(81)51(35-45-27-24-23-25-28-45)70-59(78)56(42(7)8)73(19)64(83)57(44(10)22-2)86-65(84)58(66(11,12)85)74(20)60(79)48(33-40(3)4)37-54(77)55(41(5)6)72(18)61(50)80/h23-30,34,40-44,47-48,50-52,55-58,85H,21-22,31-33,35-39H2,1-20H3,(H,70,78)/t43?,44?,47-,48-,50+,51+,52?,55+,56+,57-,58-/m1/s1. The number of nitrogens with one attached hydrogen (secondary N) is 1. The molecule has 3 saturated heterocycles. The second-order valence-corrected chi connectivity index (χ2v) is 28.2. The zero-order valence-electron chi connectivity index (χ0n) is 56.5. The van der Waals surface area contributed by atoms with Crippen molar-refractivity contribution in [1.29, 1.82) is 0 Å². The smallest absolute Gasteiger partial charge is 0.450 e. The lowest BCUT2D eigenvalue weighted by molar-refractivity contribution is -0.178. The van der Waals surface area contributed by atoms with Crippen molar-refractivity contribution in [2.45, 2.75) is 215 Å². The number of likely N-dealkylation sites (N-methyl/N-ethyl adjacent to an activating group) is 4. The Morgan fingerprint density at radius 3 is 1.76 bits per heavy atom. The van der Waals surface area contributed by atoms with Gasteiger partial charge in [-0.05, 0) is 101 Å². The highest BCUT2D eigenvalue weighted by molar-refractivity contribution is 6.62. The molecule has 2 aromatic rings. The van der Waals surface area contributed by atoms with Gasteiger partial charge in [0.25, 0.3) is 5.91 Å². The van der Waals surface area contributed by atoms with Gasteiger partial charge < -0.3 is 49.0 Å². The van der Waals surface area contributed by atoms with Crippen molar-refractivity contribution in [3.63, 3.8) is 0 Å². The van der Waals surface area contributed by atoms with Crippen molar-refractivity contribution in [1.82, 2.24) is 29.8 Å². The molecule has 2 N–H and O–H groups in total. The molecular weight excluding hydrogens is 1120 g/mol. The monoisotopic (exact) mass is 1220 g/mol. The maximum Gasteiger partial charge on any atom is 0.494 e. The molecule has 6 amide bonds. The molecule has 2 aromatic carbocycles. The quantitative estimate of drug-likeness (QED) is 0.148. The summed E-state index contributed by atoms with van der Waals surface area (Å²) in [4.78, 5) is 142. The Labute approximate surface area is 525 Å². The molecule has 88 heavy (non-hydrogen) atoms. The van der Waals surface area contributed by atoms with Gasteiger partial charge in [0, 0.05) is 90.6 Å². The lowest BCUT2D eigenvalue weighted by atomic mass is 9.78. The topological polar surface area (TPSA) is 230 Å². The Hall–Kier alpha value is -5.99. The van der Waals surface area contributed by atoms with Crippen molar-refractivity contribution < 1.29 is 62.3 Å². The number of benzene rings is 2. The molecule has 0 aliphatic carbocycles. The van der Waals surface area contributed by atoms with Crippen LogP contribution in [0.25, 0.3) is 0 Å². The van der Waals surface area contributed by atoms with E-state index in [4.69, 9.17) is 14.0 Å². The molecule has 19 nitrogen and oxygen atoms in total. The molecule has 0 aromatic heterocycles. The van der Waals surface area contributed by atoms with Crippen LogP contribution in [-0.2, 0) is 70.0 Å². The van der Waals surface area contributed by atoms with E-state index in [0.29, 0.717) is 35.9 Å². The van der Waals surface area contributed by atoms with Crippen LogP contribution in [0.4, 0.5) is 0 Å². The molecule has 3 fully saturated rings. The van der Waals surface area contributed by atoms with Gasteiger partial charge in [0.05, 0.1) is 22.8 Å². The van der Waals surface area contributed by atoms with Crippen LogP contribution in [-0.4, -0.2) is 184 Å². The maximum atomic E-state index is 15.6. The number of carbonyl (C=O) groups excluding carboxylic acids is 9. The molecule has 5 rings (SSSR count). The second-order valence-electron chi connectivity index (χ2n) is 28.2. The first kappa shape index (κ1) is 72.8. The number of esters is 1. The van der Waals surface area contributed by atoms with E-state index >= 15 is 19.2 Å². The van der Waals surface area contributed by atoms with Crippen LogP contribution in [0.2, 0.25) is 0 Å². The number of hydrogen-bond donors (Lipinski definition) is 2. The molecular formula is C68H105BN6O13. The number of hydrogen-bond acceptors (Lipinski definition) is 13. The molecule has 2 bridgehead atoms. The van der Waals surface area contributed by atoms with Crippen molar-refractivity contribution in [3.8, 4) is 0 Å². The zero-order valence-corrected chi connectivity index (χ0v) is 56.5. The Balaban J connectivity index is 1.69. The molecule has 488 valence electrons. The molecule has 0 radical (unpaired) electrons. The summed E-state index contributed by atoms with van der Waals surface area (Å²) in [6, 6.07) is 10.1. The number of amides is 6. The molecule has 3 aliphatic rings. The normalized spacial score (nSPS) is 27.4. The lowest BCUT2D eigenvalue weighted by Crippen LogP contribution is -2.61. The average Bonchev–Trinajstić information content (AvgIpc) is 3.14. The third-order valence-electron chi connectivity index (χ3n) is 19.1. The zero-order chi connectivity index (χ0) is 66.2. The van der Waals surface area contributed by atoms with Gasteiger partial charge in [-0.2, -0.15) is 0 Å². The fraction of sp³-hybridized carbons (Fsp3) is 0.691. The van der Waals surface area contributed by atoms with Crippen LogP contribution in [0.15, 0.2) is 54.6 Å². The van der Waals surface area contributed by atoms with E-state index in [1.165, 1.54) is 49.7 Å². The first-order valence-electron chi connectivity index (χ1n) is 32.0. The van der Waals surface area contributed by atoms with Gasteiger partial charge in [-0.3, -0.25) is 38.4 Å². The maximum absolute atomic E-state index is 15.6. The third kappa shape index (κ3) is 17.3. The van der Waals surface area contributed by atoms with Gasteiger partial charge >= 0.3 is 13.1 Å². The van der Waals surface area contributed by atoms with Gasteiger partial charge in [0.2, 0.25) is 29.5 Å². The summed E-state index contributed by atoms with van der Waals surface area (Å²) in [5.41, 5.74) is -1.15. The van der Waals surface area contributed by atoms with Crippen LogP contribution in [0.1, 0.15) is 160 Å². The van der Waals surface area contributed by atoms with Gasteiger partial charge in [-0.1, -0.05) is 130 Å². The number of rotatable bonds is 14. The van der Waals surface area contributed by atoms with Crippen molar-refractivity contribution in [3.05, 3.63) is 65.7 Å². The highest BCUT2D eigenvalue weighted by Crippen LogP contribution is 2.37. The summed E-state index contributed by atoms with van der Waals surface area (Å²) in [5, 5.41) is 14.8. The van der Waals surface area contributed by atoms with E-state index in [1.54, 1.807) is 39.6 Å². The molecule has 3 heterocycles. The summed E-state index contributed by atoms with van der Waals surface area (Å²) >= 11 is 0. The average molecular weight is 1230 g/mol. The number of ketones is 2. The van der Waals surface area contributed by atoms with Gasteiger partial charge in [-0.15, -0.1) is 0 Å². The van der Waals surface area contributed by atoms with Crippen LogP contribution in [0, 0.1) is 47.3 Å². The molecule has 3 unspecified atom stereocenters. The minimum atomic E-state index is -1.95. The SMILES string of the molecule is CCC(C)[C@@H]1CC(=O)[C@@H]2CCN(C2)C(=O)C(Cc2cccc(B3OC(C)(C)C(C)(C)O3)c2)N(C)C(=O)[C@H](Cc2ccccc2)NC(=O)[C@H](C(C)C)N(C)C(=O)[C@@H](C(C)CC)OC(=O)[C@H](C(C)(C)O)N(C)C(=O)[C@H](CC(C)C)CC(=O)[C@H](C(C)C)N(C)C1=O. The Bertz CT molecular complexity index is 2780. The molecule has 20 heteroatoms. The summed E-state index contributed by atoms with van der Waals surface area (Å²) < 4.78 is 19.0. The number of ether oxygens (including phenoxy) is 1. The number of Topliss-reactive ketones (excluding diaryl/α,β-unsaturated/α-hetero) is 2. The number of fused-ring (bicyclic) bond motifs is 2. The Morgan fingerprint density at radius 1 is 0.648 bits per heavy atom. The van der Waals surface area contributed by atoms with E-state index < -0.39 is 143 Å². The highest BCUT2D eigenvalue weighted by atomic mass is 16.7. The van der Waals surface area contributed by atoms with Gasteiger partial charge in [0.1, 0.15) is 23.9 Å². The number of aliphatic hydroxyl groups is 1. The minimum Gasteiger partial charge on any atom is -0.450 e. The number of cyclic esters (lactones) is 1. The predicted molar refractivity (Wildman–Crippen MR) is 339 cm³/mol. The molecule has 0 spiro atoms. The summed E-state index contributed by atoms with van der Waals surface area (Å²) in [7, 11) is 5.13.